The Hall–Kier alpha value is -1.26. The Balaban J connectivity index is 2.78. The molecule has 0 saturated carbocycles. The quantitative estimate of drug-likeness (QED) is 0.713. The lowest BCUT2D eigenvalue weighted by atomic mass is 10.0. The van der Waals surface area contributed by atoms with E-state index in [1.165, 1.54) is 4.90 Å². The molecule has 0 aromatic carbocycles. The van der Waals surface area contributed by atoms with Gasteiger partial charge in [-0.3, -0.25) is 9.69 Å². The van der Waals surface area contributed by atoms with Crippen LogP contribution in [0.1, 0.15) is 40.0 Å². The van der Waals surface area contributed by atoms with Gasteiger partial charge in [-0.1, -0.05) is 0 Å². The summed E-state index contributed by atoms with van der Waals surface area (Å²) in [6, 6.07) is -0.121. The van der Waals surface area contributed by atoms with E-state index in [0.717, 1.165) is 12.8 Å². The summed E-state index contributed by atoms with van der Waals surface area (Å²) < 4.78 is 0. The number of nitrogens with one attached hydrogen (secondary N) is 1. The van der Waals surface area contributed by atoms with Gasteiger partial charge in [0, 0.05) is 18.5 Å². The Bertz CT molecular complexity index is 283. The van der Waals surface area contributed by atoms with E-state index in [-0.39, 0.29) is 11.9 Å². The van der Waals surface area contributed by atoms with Gasteiger partial charge in [-0.05, 0) is 33.6 Å². The van der Waals surface area contributed by atoms with Gasteiger partial charge in [0.2, 0.25) is 5.91 Å². The predicted molar refractivity (Wildman–Crippen MR) is 60.3 cm³/mol. The van der Waals surface area contributed by atoms with Crippen LogP contribution in [0.5, 0.6) is 0 Å². The lowest BCUT2D eigenvalue weighted by molar-refractivity contribution is -0.120. The van der Waals surface area contributed by atoms with Gasteiger partial charge in [0.25, 0.3) is 0 Å². The van der Waals surface area contributed by atoms with Crippen molar-refractivity contribution in [2.24, 2.45) is 0 Å². The van der Waals surface area contributed by atoms with E-state index in [9.17, 15) is 14.7 Å². The first kappa shape index (κ1) is 12.8. The molecule has 1 heterocycles. The molecule has 1 aliphatic rings. The Morgan fingerprint density at radius 2 is 2.12 bits per heavy atom. The molecule has 2 N–H and O–H groups in total. The SMILES string of the molecule is CC(C)(C)N(C(=O)O)[C@@H]1CCCC(=O)NC1. The summed E-state index contributed by atoms with van der Waals surface area (Å²) >= 11 is 0. The van der Waals surface area contributed by atoms with Gasteiger partial charge < -0.3 is 10.4 Å². The zero-order chi connectivity index (χ0) is 12.3. The first-order valence-electron chi connectivity index (χ1n) is 5.61. The minimum absolute atomic E-state index is 0.0155. The molecule has 1 rings (SSSR count). The Morgan fingerprint density at radius 3 is 2.62 bits per heavy atom. The minimum Gasteiger partial charge on any atom is -0.465 e. The second kappa shape index (κ2) is 4.72. The number of rotatable bonds is 1. The van der Waals surface area contributed by atoms with Gasteiger partial charge in [-0.2, -0.15) is 0 Å². The van der Waals surface area contributed by atoms with Crippen molar-refractivity contribution in [3.05, 3.63) is 0 Å². The average molecular weight is 228 g/mol. The summed E-state index contributed by atoms with van der Waals surface area (Å²) in [6.07, 6.45) is 1.06. The lowest BCUT2D eigenvalue weighted by Gasteiger charge is -2.39. The highest BCUT2D eigenvalue weighted by Gasteiger charge is 2.33. The highest BCUT2D eigenvalue weighted by molar-refractivity contribution is 5.76. The third kappa shape index (κ3) is 3.12. The van der Waals surface area contributed by atoms with E-state index < -0.39 is 11.6 Å². The van der Waals surface area contributed by atoms with Crippen molar-refractivity contribution < 1.29 is 14.7 Å². The molecule has 5 heteroatoms. The Labute approximate surface area is 95.8 Å². The summed E-state index contributed by atoms with van der Waals surface area (Å²) in [5.74, 6) is 0.0155. The highest BCUT2D eigenvalue weighted by atomic mass is 16.4. The maximum atomic E-state index is 11.3. The Morgan fingerprint density at radius 1 is 1.50 bits per heavy atom. The van der Waals surface area contributed by atoms with Crippen LogP contribution in [-0.4, -0.2) is 40.1 Å². The first-order valence-corrected chi connectivity index (χ1v) is 5.61. The maximum absolute atomic E-state index is 11.3. The number of amides is 2. The largest absolute Gasteiger partial charge is 0.465 e. The summed E-state index contributed by atoms with van der Waals surface area (Å²) in [6.45, 7) is 6.03. The van der Waals surface area contributed by atoms with Crippen molar-refractivity contribution >= 4 is 12.0 Å². The van der Waals surface area contributed by atoms with Gasteiger partial charge in [-0.15, -0.1) is 0 Å². The fourth-order valence-corrected chi connectivity index (χ4v) is 2.13. The van der Waals surface area contributed by atoms with E-state index >= 15 is 0 Å². The number of carbonyl (C=O) groups is 2. The lowest BCUT2D eigenvalue weighted by Crippen LogP contribution is -2.54. The molecule has 0 spiro atoms. The van der Waals surface area contributed by atoms with Crippen molar-refractivity contribution in [3.8, 4) is 0 Å². The Kier molecular flexibility index (Phi) is 3.78. The van der Waals surface area contributed by atoms with Crippen LogP contribution in [0.25, 0.3) is 0 Å². The molecule has 16 heavy (non-hydrogen) atoms. The smallest absolute Gasteiger partial charge is 0.408 e. The molecule has 0 aliphatic carbocycles. The molecule has 1 saturated heterocycles. The second-order valence-corrected chi connectivity index (χ2v) is 5.17. The molecule has 1 atom stereocenters. The first-order chi connectivity index (χ1) is 7.32. The topological polar surface area (TPSA) is 69.6 Å². The fraction of sp³-hybridized carbons (Fsp3) is 0.818. The molecule has 1 aliphatic heterocycles. The van der Waals surface area contributed by atoms with E-state index in [1.54, 1.807) is 0 Å². The van der Waals surface area contributed by atoms with Gasteiger partial charge >= 0.3 is 6.09 Å². The van der Waals surface area contributed by atoms with E-state index in [0.29, 0.717) is 13.0 Å². The average Bonchev–Trinajstić information content (AvgIpc) is 2.28. The van der Waals surface area contributed by atoms with Crippen LogP contribution in [0.2, 0.25) is 0 Å². The molecule has 0 bridgehead atoms. The molecule has 92 valence electrons. The molecule has 5 nitrogen and oxygen atoms in total. The second-order valence-electron chi connectivity index (χ2n) is 5.17. The number of carboxylic acid groups (broad SMARTS) is 1. The molecular weight excluding hydrogens is 208 g/mol. The highest BCUT2D eigenvalue weighted by Crippen LogP contribution is 2.21. The number of hydrogen-bond donors (Lipinski definition) is 2. The van der Waals surface area contributed by atoms with Gasteiger partial charge in [-0.25, -0.2) is 4.79 Å². The van der Waals surface area contributed by atoms with Crippen LogP contribution >= 0.6 is 0 Å². The normalized spacial score (nSPS) is 22.2. The van der Waals surface area contributed by atoms with Gasteiger partial charge in [0.05, 0.1) is 6.04 Å². The monoisotopic (exact) mass is 228 g/mol. The number of hydrogen-bond acceptors (Lipinski definition) is 2. The molecular formula is C11H20N2O3. The predicted octanol–water partition coefficient (Wildman–Crippen LogP) is 1.43. The standard InChI is InChI=1S/C11H20N2O3/c1-11(2,3)13(10(15)16)8-5-4-6-9(14)12-7-8/h8H,4-7H2,1-3H3,(H,12,14)(H,15,16)/t8-/m1/s1. The number of nitrogens with zero attached hydrogens (tertiary/aromatic N) is 1. The van der Waals surface area contributed by atoms with Crippen LogP contribution in [-0.2, 0) is 4.79 Å². The molecule has 0 unspecified atom stereocenters. The third-order valence-corrected chi connectivity index (χ3v) is 2.77. The van der Waals surface area contributed by atoms with Crippen molar-refractivity contribution in [1.82, 2.24) is 10.2 Å². The van der Waals surface area contributed by atoms with E-state index in [4.69, 9.17) is 0 Å². The van der Waals surface area contributed by atoms with Crippen LogP contribution in [0.3, 0.4) is 0 Å². The summed E-state index contributed by atoms with van der Waals surface area (Å²) in [7, 11) is 0. The molecule has 0 aromatic heterocycles. The molecule has 1 fully saturated rings. The van der Waals surface area contributed by atoms with Crippen molar-refractivity contribution in [2.45, 2.75) is 51.6 Å². The minimum atomic E-state index is -0.923. The summed E-state index contributed by atoms with van der Waals surface area (Å²) in [5, 5.41) is 12.0. The maximum Gasteiger partial charge on any atom is 0.408 e. The van der Waals surface area contributed by atoms with E-state index in [2.05, 4.69) is 5.32 Å². The van der Waals surface area contributed by atoms with Gasteiger partial charge in [0.1, 0.15) is 0 Å². The molecule has 0 radical (unpaired) electrons. The summed E-state index contributed by atoms with van der Waals surface area (Å²) in [5.41, 5.74) is -0.439. The zero-order valence-corrected chi connectivity index (χ0v) is 10.1. The van der Waals surface area contributed by atoms with Crippen molar-refractivity contribution in [2.75, 3.05) is 6.54 Å². The van der Waals surface area contributed by atoms with E-state index in [1.807, 2.05) is 20.8 Å². The fourth-order valence-electron chi connectivity index (χ4n) is 2.13. The molecule has 0 aromatic rings. The summed E-state index contributed by atoms with van der Waals surface area (Å²) in [4.78, 5) is 23.9. The van der Waals surface area contributed by atoms with Crippen LogP contribution in [0.4, 0.5) is 4.79 Å². The third-order valence-electron chi connectivity index (χ3n) is 2.77. The zero-order valence-electron chi connectivity index (χ0n) is 10.1. The van der Waals surface area contributed by atoms with Crippen molar-refractivity contribution in [1.29, 1.82) is 0 Å². The van der Waals surface area contributed by atoms with Crippen LogP contribution in [0, 0.1) is 0 Å². The van der Waals surface area contributed by atoms with Crippen LogP contribution < -0.4 is 5.32 Å². The molecule has 2 amide bonds. The van der Waals surface area contributed by atoms with Gasteiger partial charge in [0.15, 0.2) is 0 Å². The number of carbonyl (C=O) groups excluding carboxylic acids is 1. The van der Waals surface area contributed by atoms with Crippen molar-refractivity contribution in [3.63, 3.8) is 0 Å². The van der Waals surface area contributed by atoms with Crippen LogP contribution in [0.15, 0.2) is 0 Å².